The van der Waals surface area contributed by atoms with Crippen molar-refractivity contribution in [1.82, 2.24) is 24.5 Å². The van der Waals surface area contributed by atoms with E-state index in [-0.39, 0.29) is 68.4 Å². The lowest BCUT2D eigenvalue weighted by Crippen LogP contribution is -2.56. The van der Waals surface area contributed by atoms with Gasteiger partial charge in [0, 0.05) is 172 Å². The number of benzene rings is 5. The standard InChI is InChI=1S/2C20H32FNO.3C19H30FNO/c2*1-14-9-10-15(17(21)16(14)18(2,3)4)11-22-12-19(5,6)23-20(7,8)13-22;3*1-17(2,3)15-10-8-9-14(16(15)20)11-21-12-18(4,5)22-19(6,7)13-21/h2*9-10H,11-13H2,1-8H3;3*8-10H,11-13H2,1-7H3/i5D3,9D,10D,11D2,12D2,13D2;9D,10D,11D2;4D3,8D,9D,10D,12D2,13D2;4D3,11D2,12D2,13D2;4D3,12D2,13D2. The average molecular weight is 1610 g/mol. The number of morpholine rings is 5. The summed E-state index contributed by atoms with van der Waals surface area (Å²) in [5, 5.41) is 0. The molecule has 5 aliphatic heterocycles. The number of nitrogens with zero attached hydrogens (tertiary/aromatic N) is 5. The van der Waals surface area contributed by atoms with Crippen LogP contribution in [0.5, 0.6) is 0 Å². The predicted octanol–water partition coefficient (Wildman–Crippen LogP) is 23.2. The third-order valence-corrected chi connectivity index (χ3v) is 17.0. The van der Waals surface area contributed by atoms with E-state index in [2.05, 4.69) is 0 Å². The van der Waals surface area contributed by atoms with E-state index in [1.807, 2.05) is 69.2 Å². The molecule has 5 aromatic rings. The first-order valence-corrected chi connectivity index (χ1v) is 37.6. The Labute approximate surface area is 736 Å². The molecule has 5 aromatic carbocycles. The molecule has 0 aliphatic carbocycles. The van der Waals surface area contributed by atoms with Gasteiger partial charge < -0.3 is 23.7 Å². The van der Waals surface area contributed by atoms with Crippen LogP contribution in [-0.4, -0.2) is 146 Å². The molecule has 4 atom stereocenters. The Morgan fingerprint density at radius 3 is 0.964 bits per heavy atom. The molecule has 4 unspecified atom stereocenters. The van der Waals surface area contributed by atoms with Crippen LogP contribution in [0.3, 0.4) is 0 Å². The fourth-order valence-electron chi connectivity index (χ4n) is 13.9. The molecule has 112 heavy (non-hydrogen) atoms. The van der Waals surface area contributed by atoms with E-state index in [4.69, 9.17) is 79.9 Å². The summed E-state index contributed by atoms with van der Waals surface area (Å²) < 4.78 is 448. The molecule has 0 saturated carbocycles. The molecule has 10 nitrogen and oxygen atoms in total. The Hall–Kier alpha value is -4.65. The van der Waals surface area contributed by atoms with Crippen molar-refractivity contribution in [3.63, 3.8) is 0 Å². The monoisotopic (exact) mass is 1610 g/mol. The summed E-state index contributed by atoms with van der Waals surface area (Å²) >= 11 is 0. The highest BCUT2D eigenvalue weighted by Gasteiger charge is 2.44. The maximum absolute atomic E-state index is 16.0. The molecule has 5 saturated heterocycles. The molecular formula is C97H154F5N5O5. The molecule has 5 aliphatic rings. The van der Waals surface area contributed by atoms with Gasteiger partial charge in [0.25, 0.3) is 0 Å². The number of ether oxygens (including phenoxy) is 5. The van der Waals surface area contributed by atoms with E-state index in [0.717, 1.165) is 52.5 Å². The molecule has 0 spiro atoms. The first-order chi connectivity index (χ1) is 66.7. The summed E-state index contributed by atoms with van der Waals surface area (Å²) in [6.45, 7) is 5.82. The highest BCUT2D eigenvalue weighted by atomic mass is 19.1. The average Bonchev–Trinajstić information content (AvgIpc) is 0.679. The van der Waals surface area contributed by atoms with E-state index in [1.54, 1.807) is 81.4 Å². The summed E-state index contributed by atoms with van der Waals surface area (Å²) in [6, 6.07) is 5.17. The van der Waals surface area contributed by atoms with Gasteiger partial charge in [0.05, 0.1) is 65.6 Å². The molecule has 5 fully saturated rings. The van der Waals surface area contributed by atoms with Gasteiger partial charge in [-0.15, -0.1) is 0 Å². The van der Waals surface area contributed by atoms with Crippen molar-refractivity contribution in [2.75, 3.05) is 65.1 Å². The van der Waals surface area contributed by atoms with Crippen molar-refractivity contribution < 1.29 is 102 Å². The lowest BCUT2D eigenvalue weighted by molar-refractivity contribution is -0.182. The second kappa shape index (κ2) is 34.7. The molecule has 10 rings (SSSR count). The van der Waals surface area contributed by atoms with Crippen molar-refractivity contribution in [2.24, 2.45) is 0 Å². The van der Waals surface area contributed by atoms with Gasteiger partial charge in [-0.25, -0.2) is 22.0 Å². The van der Waals surface area contributed by atoms with Crippen LogP contribution in [0.15, 0.2) is 78.7 Å². The summed E-state index contributed by atoms with van der Waals surface area (Å²) in [7, 11) is 0. The zero-order valence-corrected chi connectivity index (χ0v) is 72.5. The topological polar surface area (TPSA) is 62.3 Å². The third kappa shape index (κ3) is 28.3. The van der Waals surface area contributed by atoms with E-state index in [1.165, 1.54) is 71.6 Å². The highest BCUT2D eigenvalue weighted by Crippen LogP contribution is 2.40. The van der Waals surface area contributed by atoms with Crippen LogP contribution < -0.4 is 0 Å². The van der Waals surface area contributed by atoms with Gasteiger partial charge in [0.2, 0.25) is 0 Å². The maximum atomic E-state index is 16.0. The molecule has 632 valence electrons. The third-order valence-electron chi connectivity index (χ3n) is 17.0. The van der Waals surface area contributed by atoms with Crippen LogP contribution in [0.25, 0.3) is 0 Å². The van der Waals surface area contributed by atoms with Gasteiger partial charge in [0.15, 0.2) is 0 Å². The minimum Gasteiger partial charge on any atom is -0.367 e. The summed E-state index contributed by atoms with van der Waals surface area (Å²) in [4.78, 5) is 3.06. The van der Waals surface area contributed by atoms with Crippen molar-refractivity contribution in [2.45, 2.75) is 372 Å². The molecule has 0 radical (unpaired) electrons. The lowest BCUT2D eigenvalue weighted by atomic mass is 9.82. The van der Waals surface area contributed by atoms with Crippen molar-refractivity contribution in [3.05, 3.63) is 175 Å². The highest BCUT2D eigenvalue weighted by molar-refractivity contribution is 5.40. The van der Waals surface area contributed by atoms with E-state index < -0.39 is 271 Å². The van der Waals surface area contributed by atoms with Crippen molar-refractivity contribution >= 4 is 0 Å². The zero-order chi connectivity index (χ0) is 121. The first kappa shape index (κ1) is 51.6. The van der Waals surface area contributed by atoms with Crippen LogP contribution in [0.1, 0.15) is 365 Å². The Balaban J connectivity index is 0.000000292. The Morgan fingerprint density at radius 2 is 0.616 bits per heavy atom. The molecule has 15 heteroatoms. The van der Waals surface area contributed by atoms with Crippen LogP contribution in [0, 0.1) is 42.9 Å². The SMILES string of the molecule is [2H]C([2H])([2H])C1(C)OC(C)(C)C([2H])([2H])N(Cc2cccc(C(C)(C)C)c2F)C1([2H])[2H].[2H]C([2H])(c1cccc(C(C)(C)C)c1F)N1C([2H])([2H])C(C)(C)OC(C)(C([2H])([2H])[2H])C1([2H])[2H].[2H]c1c([2H])c(C([2H])([2H])N2C([2H])([2H])C(C)(C)OC(C)(C([2H])([2H])[2H])C2([2H])[2H])c(F)c(C(C)(C)C)c1C.[2H]c1c([2H])c(C([2H])([2H])N2CC(C)(C)OC(C)(C)C2)c(F)c(C(C)(C)C)c1C.[2H]c1c([2H])c(CN2C([2H])([2H])C(C)(C)OC(C)(C([2H])([2H])[2H])C2([2H])[2H])c(F)c(C(C)(C)C)c1[2H]. The first-order valence-electron chi connectivity index (χ1n) is 58.1. The Kier molecular flexibility index (Phi) is 16.0. The van der Waals surface area contributed by atoms with E-state index >= 15 is 22.0 Å². The van der Waals surface area contributed by atoms with Gasteiger partial charge in [0.1, 0.15) is 29.1 Å². The predicted molar refractivity (Wildman–Crippen MR) is 458 cm³/mol. The molecule has 5 heterocycles. The van der Waals surface area contributed by atoms with E-state index in [0.29, 0.717) is 21.6 Å². The van der Waals surface area contributed by atoms with Crippen LogP contribution in [0.2, 0.25) is 0 Å². The second-order valence-electron chi connectivity index (χ2n) is 38.2. The van der Waals surface area contributed by atoms with Crippen LogP contribution >= 0.6 is 0 Å². The summed E-state index contributed by atoms with van der Waals surface area (Å²) in [5.74, 6) is -4.41. The van der Waals surface area contributed by atoms with Crippen molar-refractivity contribution in [1.29, 1.82) is 0 Å². The lowest BCUT2D eigenvalue weighted by Gasteiger charge is -2.47. The Bertz CT molecular complexity index is 5950. The van der Waals surface area contributed by atoms with E-state index in [9.17, 15) is 0 Å². The zero-order valence-electron chi connectivity index (χ0n) is 113. The van der Waals surface area contributed by atoms with Gasteiger partial charge in [-0.05, 0) is 218 Å². The number of hydrogen-bond acceptors (Lipinski definition) is 10. The number of rotatable bonds is 10. The smallest absolute Gasteiger partial charge is 0.131 e. The molecule has 0 bridgehead atoms. The fraction of sp³-hybridized carbons (Fsp3) is 0.691. The van der Waals surface area contributed by atoms with Gasteiger partial charge in [-0.2, -0.15) is 0 Å². The van der Waals surface area contributed by atoms with Crippen molar-refractivity contribution in [3.8, 4) is 0 Å². The molecule has 0 N–H and O–H groups in total. The minimum atomic E-state index is -3.40. The number of halogens is 5. The van der Waals surface area contributed by atoms with Crippen LogP contribution in [0.4, 0.5) is 22.0 Å². The Morgan fingerprint density at radius 1 is 0.330 bits per heavy atom. The summed E-state index contributed by atoms with van der Waals surface area (Å²) in [6.07, 6.45) is 0. The fourth-order valence-corrected chi connectivity index (χ4v) is 13.9. The molecule has 0 amide bonds. The van der Waals surface area contributed by atoms with Gasteiger partial charge >= 0.3 is 0 Å². The second-order valence-corrected chi connectivity index (χ2v) is 38.2. The number of hydrogen-bond donors (Lipinski definition) is 0. The summed E-state index contributed by atoms with van der Waals surface area (Å²) in [5.41, 5.74) is -23.8. The van der Waals surface area contributed by atoms with Crippen LogP contribution in [-0.2, 0) is 83.3 Å². The minimum absolute atomic E-state index is 0.0144. The van der Waals surface area contributed by atoms with Gasteiger partial charge in [-0.3, -0.25) is 24.5 Å². The van der Waals surface area contributed by atoms with Gasteiger partial charge in [-0.1, -0.05) is 183 Å². The maximum Gasteiger partial charge on any atom is 0.131 e. The normalized spacial score (nSPS) is 34.9. The molecular weight excluding hydrogens is 1410 g/mol. The largest absolute Gasteiger partial charge is 0.367 e. The molecule has 0 aromatic heterocycles. The quantitative estimate of drug-likeness (QED) is 0.126.